The number of hydrogen-bond donors (Lipinski definition) is 2. The Labute approximate surface area is 215 Å². The highest BCUT2D eigenvalue weighted by atomic mass is 35.5. The molecular weight excluding hydrogens is 531 g/mol. The zero-order chi connectivity index (χ0) is 27.0. The summed E-state index contributed by atoms with van der Waals surface area (Å²) < 4.78 is 69.0. The van der Waals surface area contributed by atoms with Crippen molar-refractivity contribution in [2.75, 3.05) is 4.72 Å². The summed E-state index contributed by atoms with van der Waals surface area (Å²) in [6.07, 6.45) is -0.543. The Morgan fingerprint density at radius 2 is 1.92 bits per heavy atom. The molecule has 0 bridgehead atoms. The quantitative estimate of drug-likeness (QED) is 0.219. The number of fused-ring (bicyclic) bond motifs is 1. The van der Waals surface area contributed by atoms with Gasteiger partial charge in [-0.15, -0.1) is 0 Å². The molecule has 0 saturated heterocycles. The molecule has 0 aliphatic heterocycles. The first-order chi connectivity index (χ1) is 17.4. The Bertz CT molecular complexity index is 1600. The Balaban J connectivity index is 1.86. The summed E-state index contributed by atoms with van der Waals surface area (Å²) in [7, 11) is -4.49. The van der Waals surface area contributed by atoms with Crippen molar-refractivity contribution in [2.45, 2.75) is 37.9 Å². The molecule has 37 heavy (non-hydrogen) atoms. The minimum absolute atomic E-state index is 0.0467. The van der Waals surface area contributed by atoms with Gasteiger partial charge in [-0.3, -0.25) is 9.71 Å². The van der Waals surface area contributed by atoms with Gasteiger partial charge in [0.15, 0.2) is 0 Å². The lowest BCUT2D eigenvalue weighted by molar-refractivity contribution is -0.138. The van der Waals surface area contributed by atoms with E-state index in [1.54, 1.807) is 32.2 Å². The SMILES string of the molecule is Cc1ccc(S(=O)(=O)Nc2cc(Cl)cnc2/C(=N/OC(C)C)c2ccnc3[nH]ccc23)cc1C(F)(F)F. The predicted molar refractivity (Wildman–Crippen MR) is 134 cm³/mol. The van der Waals surface area contributed by atoms with Gasteiger partial charge in [0.25, 0.3) is 10.0 Å². The predicted octanol–water partition coefficient (Wildman–Crippen LogP) is 5.92. The number of nitrogens with zero attached hydrogens (tertiary/aromatic N) is 3. The molecule has 3 heterocycles. The second-order valence-electron chi connectivity index (χ2n) is 8.32. The monoisotopic (exact) mass is 551 g/mol. The van der Waals surface area contributed by atoms with Gasteiger partial charge in [-0.2, -0.15) is 13.2 Å². The van der Waals surface area contributed by atoms with E-state index in [1.807, 2.05) is 0 Å². The number of rotatable bonds is 7. The van der Waals surface area contributed by atoms with Crippen LogP contribution in [0.15, 0.2) is 65.0 Å². The van der Waals surface area contributed by atoms with Crippen molar-refractivity contribution in [1.29, 1.82) is 0 Å². The first-order valence-corrected chi connectivity index (χ1v) is 12.8. The summed E-state index contributed by atoms with van der Waals surface area (Å²) in [4.78, 5) is 16.4. The second-order valence-corrected chi connectivity index (χ2v) is 10.4. The number of oxime groups is 1. The summed E-state index contributed by atoms with van der Waals surface area (Å²) in [5.41, 5.74) is 0.0137. The third-order valence-corrected chi connectivity index (χ3v) is 6.79. The Morgan fingerprint density at radius 3 is 2.62 bits per heavy atom. The van der Waals surface area contributed by atoms with Crippen LogP contribution in [0.3, 0.4) is 0 Å². The number of aryl methyl sites for hydroxylation is 1. The summed E-state index contributed by atoms with van der Waals surface area (Å²) in [5.74, 6) is 0. The largest absolute Gasteiger partial charge is 0.416 e. The highest BCUT2D eigenvalue weighted by Gasteiger charge is 2.34. The third-order valence-electron chi connectivity index (χ3n) is 5.22. The zero-order valence-corrected chi connectivity index (χ0v) is 21.3. The van der Waals surface area contributed by atoms with E-state index in [1.165, 1.54) is 25.4 Å². The van der Waals surface area contributed by atoms with Crippen LogP contribution in [0.5, 0.6) is 0 Å². The average Bonchev–Trinajstić information content (AvgIpc) is 3.29. The van der Waals surface area contributed by atoms with Gasteiger partial charge in [0.05, 0.1) is 21.2 Å². The molecule has 0 aliphatic rings. The number of aromatic nitrogens is 3. The molecule has 0 atom stereocenters. The van der Waals surface area contributed by atoms with Gasteiger partial charge in [0.2, 0.25) is 0 Å². The number of halogens is 4. The fraction of sp³-hybridized carbons (Fsp3) is 0.208. The van der Waals surface area contributed by atoms with E-state index < -0.39 is 26.7 Å². The van der Waals surface area contributed by atoms with Crippen LogP contribution in [0, 0.1) is 6.92 Å². The van der Waals surface area contributed by atoms with E-state index in [2.05, 4.69) is 24.8 Å². The minimum Gasteiger partial charge on any atom is -0.393 e. The average molecular weight is 552 g/mol. The molecule has 0 fully saturated rings. The van der Waals surface area contributed by atoms with Gasteiger partial charge in [0.1, 0.15) is 23.2 Å². The topological polar surface area (TPSA) is 109 Å². The third kappa shape index (κ3) is 5.70. The Morgan fingerprint density at radius 1 is 1.16 bits per heavy atom. The molecule has 0 spiro atoms. The van der Waals surface area contributed by atoms with Crippen LogP contribution in [0.25, 0.3) is 11.0 Å². The van der Waals surface area contributed by atoms with Crippen molar-refractivity contribution in [3.05, 3.63) is 82.4 Å². The molecule has 13 heteroatoms. The number of anilines is 1. The normalized spacial score (nSPS) is 12.8. The number of benzene rings is 1. The van der Waals surface area contributed by atoms with Crippen molar-refractivity contribution < 1.29 is 26.4 Å². The van der Waals surface area contributed by atoms with Crippen LogP contribution < -0.4 is 4.72 Å². The number of pyridine rings is 2. The van der Waals surface area contributed by atoms with Crippen molar-refractivity contribution in [3.8, 4) is 0 Å². The van der Waals surface area contributed by atoms with Crippen LogP contribution >= 0.6 is 11.6 Å². The molecular formula is C24H21ClF3N5O3S. The maximum atomic E-state index is 13.4. The van der Waals surface area contributed by atoms with E-state index in [-0.39, 0.29) is 33.8 Å². The van der Waals surface area contributed by atoms with Gasteiger partial charge in [-0.1, -0.05) is 22.8 Å². The van der Waals surface area contributed by atoms with Crippen molar-refractivity contribution in [1.82, 2.24) is 15.0 Å². The van der Waals surface area contributed by atoms with Crippen LogP contribution in [-0.2, 0) is 21.0 Å². The molecule has 194 valence electrons. The van der Waals surface area contributed by atoms with E-state index >= 15 is 0 Å². The molecule has 3 aromatic heterocycles. The molecule has 8 nitrogen and oxygen atoms in total. The van der Waals surface area contributed by atoms with Gasteiger partial charge in [-0.25, -0.2) is 13.4 Å². The molecule has 1 aromatic carbocycles. The van der Waals surface area contributed by atoms with E-state index in [0.29, 0.717) is 22.7 Å². The fourth-order valence-electron chi connectivity index (χ4n) is 3.53. The number of hydrogen-bond acceptors (Lipinski definition) is 6. The highest BCUT2D eigenvalue weighted by Crippen LogP contribution is 2.34. The van der Waals surface area contributed by atoms with Crippen LogP contribution in [0.2, 0.25) is 5.02 Å². The van der Waals surface area contributed by atoms with Crippen LogP contribution in [0.4, 0.5) is 18.9 Å². The summed E-state index contributed by atoms with van der Waals surface area (Å²) in [5, 5.41) is 4.98. The number of aromatic amines is 1. The smallest absolute Gasteiger partial charge is 0.393 e. The fourth-order valence-corrected chi connectivity index (χ4v) is 4.77. The zero-order valence-electron chi connectivity index (χ0n) is 19.8. The van der Waals surface area contributed by atoms with Crippen LogP contribution in [-0.4, -0.2) is 35.2 Å². The molecule has 0 unspecified atom stereocenters. The number of H-pyrrole nitrogens is 1. The molecule has 4 rings (SSSR count). The lowest BCUT2D eigenvalue weighted by atomic mass is 10.0. The van der Waals surface area contributed by atoms with Crippen molar-refractivity contribution in [3.63, 3.8) is 0 Å². The van der Waals surface area contributed by atoms with Gasteiger partial charge < -0.3 is 9.82 Å². The van der Waals surface area contributed by atoms with Crippen molar-refractivity contribution in [2.24, 2.45) is 5.16 Å². The van der Waals surface area contributed by atoms with Gasteiger partial charge >= 0.3 is 6.18 Å². The van der Waals surface area contributed by atoms with E-state index in [4.69, 9.17) is 16.4 Å². The minimum atomic E-state index is -4.73. The maximum Gasteiger partial charge on any atom is 0.416 e. The molecule has 0 saturated carbocycles. The Hall–Kier alpha value is -3.64. The maximum absolute atomic E-state index is 13.4. The summed E-state index contributed by atoms with van der Waals surface area (Å²) in [6.45, 7) is 4.77. The van der Waals surface area contributed by atoms with Gasteiger partial charge in [0, 0.05) is 29.5 Å². The first-order valence-electron chi connectivity index (χ1n) is 10.9. The summed E-state index contributed by atoms with van der Waals surface area (Å²) in [6, 6.07) is 7.47. The molecule has 0 radical (unpaired) electrons. The van der Waals surface area contributed by atoms with Gasteiger partial charge in [-0.05, 0) is 56.7 Å². The summed E-state index contributed by atoms with van der Waals surface area (Å²) >= 11 is 6.12. The molecule has 0 aliphatic carbocycles. The highest BCUT2D eigenvalue weighted by molar-refractivity contribution is 7.92. The Kier molecular flexibility index (Phi) is 7.16. The number of alkyl halides is 3. The van der Waals surface area contributed by atoms with Crippen LogP contribution in [0.1, 0.15) is 36.2 Å². The number of nitrogens with one attached hydrogen (secondary N) is 2. The molecule has 4 aromatic rings. The van der Waals surface area contributed by atoms with E-state index in [9.17, 15) is 21.6 Å². The molecule has 2 N–H and O–H groups in total. The second kappa shape index (κ2) is 10.0. The lowest BCUT2D eigenvalue weighted by Gasteiger charge is -2.16. The number of sulfonamides is 1. The van der Waals surface area contributed by atoms with E-state index in [0.717, 1.165) is 12.1 Å². The molecule has 0 amide bonds. The first kappa shape index (κ1) is 26.4. The lowest BCUT2D eigenvalue weighted by Crippen LogP contribution is -2.19. The standard InChI is InChI=1S/C24H21ClF3N5O3S/c1-13(2)36-32-21(17-6-8-29-23-18(17)7-9-30-23)22-20(10-15(25)12-31-22)33-37(34,35)16-5-4-14(3)19(11-16)24(26,27)28/h4-13,33H,1-3H3,(H,29,30)/b32-21+. The van der Waals surface area contributed by atoms with Crippen molar-refractivity contribution >= 4 is 44.1 Å².